The largest absolute Gasteiger partial charge is 0.288 e. The molecule has 0 atom stereocenters. The molecule has 2 N–H and O–H groups in total. The Morgan fingerprint density at radius 3 is 1.53 bits per heavy atom. The van der Waals surface area contributed by atoms with Crippen LogP contribution in [-0.2, 0) is 0 Å². The number of nitrogens with one attached hydrogen (secondary N) is 1. The average molecular weight is 227 g/mol. The molecule has 0 saturated carbocycles. The van der Waals surface area contributed by atoms with E-state index in [2.05, 4.69) is 0 Å². The molecule has 0 bridgehead atoms. The Bertz CT molecular complexity index is 405. The van der Waals surface area contributed by atoms with Crippen LogP contribution >= 0.6 is 0 Å². The van der Waals surface area contributed by atoms with Gasteiger partial charge in [-0.2, -0.15) is 0 Å². The summed E-state index contributed by atoms with van der Waals surface area (Å²) >= 11 is 0. The summed E-state index contributed by atoms with van der Waals surface area (Å²) in [4.78, 5) is 10.6. The zero-order valence-corrected chi connectivity index (χ0v) is 6.75. The van der Waals surface area contributed by atoms with E-state index in [0.29, 0.717) is 0 Å². The van der Waals surface area contributed by atoms with Crippen LogP contribution in [0.3, 0.4) is 0 Å². The normalized spacial score (nSPS) is 10.3. The Labute approximate surface area is 79.1 Å². The molecule has 3 nitrogen and oxygen atoms in total. The van der Waals surface area contributed by atoms with Crippen LogP contribution in [0.15, 0.2) is 0 Å². The summed E-state index contributed by atoms with van der Waals surface area (Å²) in [6, 6.07) is 0. The van der Waals surface area contributed by atoms with E-state index in [-0.39, 0.29) is 0 Å². The van der Waals surface area contributed by atoms with Crippen molar-refractivity contribution in [3.8, 4) is 0 Å². The van der Waals surface area contributed by atoms with Crippen LogP contribution < -0.4 is 5.48 Å². The molecule has 1 aromatic rings. The van der Waals surface area contributed by atoms with Crippen molar-refractivity contribution in [3.63, 3.8) is 0 Å². The Morgan fingerprint density at radius 1 is 0.867 bits per heavy atom. The number of halogens is 5. The van der Waals surface area contributed by atoms with Gasteiger partial charge in [0.1, 0.15) is 5.56 Å². The van der Waals surface area contributed by atoms with E-state index < -0.39 is 40.6 Å². The molecule has 0 radical (unpaired) electrons. The minimum absolute atomic E-state index is 0.762. The molecule has 0 unspecified atom stereocenters. The van der Waals surface area contributed by atoms with E-state index in [1.165, 1.54) is 0 Å². The zero-order chi connectivity index (χ0) is 11.7. The second kappa shape index (κ2) is 3.81. The number of benzene rings is 1. The number of hydroxylamine groups is 1. The predicted octanol–water partition coefficient (Wildman–Crippen LogP) is 1.50. The maximum absolute atomic E-state index is 12.7. The lowest BCUT2D eigenvalue weighted by atomic mass is 10.1. The summed E-state index contributed by atoms with van der Waals surface area (Å²) in [6.45, 7) is 0. The lowest BCUT2D eigenvalue weighted by molar-refractivity contribution is 0.0693. The molecule has 15 heavy (non-hydrogen) atoms. The highest BCUT2D eigenvalue weighted by atomic mass is 19.2. The molecule has 0 aliphatic carbocycles. The molecule has 0 heterocycles. The molecule has 0 aromatic heterocycles. The number of carbonyl (C=O) groups is 1. The molecule has 0 spiro atoms. The summed E-state index contributed by atoms with van der Waals surface area (Å²) in [5.41, 5.74) is -0.980. The van der Waals surface area contributed by atoms with E-state index in [0.717, 1.165) is 5.48 Å². The molecule has 0 saturated heterocycles. The van der Waals surface area contributed by atoms with Gasteiger partial charge in [-0.1, -0.05) is 0 Å². The fraction of sp³-hybridized carbons (Fsp3) is 0. The lowest BCUT2D eigenvalue weighted by Gasteiger charge is -2.05. The fourth-order valence-electron chi connectivity index (χ4n) is 0.860. The smallest absolute Gasteiger partial charge is 0.280 e. The molecule has 0 aliphatic heterocycles. The Kier molecular flexibility index (Phi) is 2.89. The van der Waals surface area contributed by atoms with Crippen molar-refractivity contribution in [2.45, 2.75) is 0 Å². The molecular weight excluding hydrogens is 225 g/mol. The summed E-state index contributed by atoms with van der Waals surface area (Å²) in [6.07, 6.45) is 0. The highest BCUT2D eigenvalue weighted by Gasteiger charge is 2.29. The highest BCUT2D eigenvalue weighted by molar-refractivity contribution is 5.93. The Hall–Kier alpha value is -1.70. The molecule has 0 aliphatic rings. The summed E-state index contributed by atoms with van der Waals surface area (Å²) in [5.74, 6) is -13.3. The number of rotatable bonds is 1. The van der Waals surface area contributed by atoms with Crippen LogP contribution in [0, 0.1) is 29.1 Å². The summed E-state index contributed by atoms with van der Waals surface area (Å²) in [5, 5.41) is 8.02. The van der Waals surface area contributed by atoms with Crippen molar-refractivity contribution >= 4 is 5.91 Å². The second-order valence-corrected chi connectivity index (χ2v) is 2.39. The molecular formula is C7H2F5NO2. The lowest BCUT2D eigenvalue weighted by Crippen LogP contribution is -2.23. The maximum Gasteiger partial charge on any atom is 0.280 e. The van der Waals surface area contributed by atoms with Gasteiger partial charge in [0.25, 0.3) is 5.91 Å². The standard InChI is InChI=1S/C7H2F5NO2/c8-2-1(7(14)13-15)3(9)5(11)6(12)4(2)10/h15H,(H,13,14). The van der Waals surface area contributed by atoms with Crippen molar-refractivity contribution in [3.05, 3.63) is 34.6 Å². The fourth-order valence-corrected chi connectivity index (χ4v) is 0.860. The van der Waals surface area contributed by atoms with Crippen LogP contribution in [0.25, 0.3) is 0 Å². The van der Waals surface area contributed by atoms with E-state index in [1.54, 1.807) is 0 Å². The van der Waals surface area contributed by atoms with Gasteiger partial charge in [0.05, 0.1) is 0 Å². The van der Waals surface area contributed by atoms with Crippen molar-refractivity contribution in [2.24, 2.45) is 0 Å². The van der Waals surface area contributed by atoms with E-state index >= 15 is 0 Å². The quantitative estimate of drug-likeness (QED) is 0.251. The number of hydrogen-bond donors (Lipinski definition) is 2. The molecule has 0 fully saturated rings. The van der Waals surface area contributed by atoms with Crippen LogP contribution in [0.2, 0.25) is 0 Å². The molecule has 1 aromatic carbocycles. The third-order valence-electron chi connectivity index (χ3n) is 1.54. The monoisotopic (exact) mass is 227 g/mol. The van der Waals surface area contributed by atoms with Crippen molar-refractivity contribution in [1.82, 2.24) is 5.48 Å². The molecule has 82 valence electrons. The van der Waals surface area contributed by atoms with Gasteiger partial charge in [-0.25, -0.2) is 27.4 Å². The average Bonchev–Trinajstić information content (AvgIpc) is 2.23. The van der Waals surface area contributed by atoms with Crippen molar-refractivity contribution < 1.29 is 32.0 Å². The third kappa shape index (κ3) is 1.63. The van der Waals surface area contributed by atoms with E-state index in [4.69, 9.17) is 5.21 Å². The minimum Gasteiger partial charge on any atom is -0.288 e. The van der Waals surface area contributed by atoms with Gasteiger partial charge in [0.15, 0.2) is 23.3 Å². The van der Waals surface area contributed by atoms with Gasteiger partial charge in [-0.3, -0.25) is 10.0 Å². The first-order valence-electron chi connectivity index (χ1n) is 3.37. The zero-order valence-electron chi connectivity index (χ0n) is 6.75. The Morgan fingerprint density at radius 2 is 1.20 bits per heavy atom. The van der Waals surface area contributed by atoms with Gasteiger partial charge in [0.2, 0.25) is 5.82 Å². The first-order chi connectivity index (χ1) is 6.91. The molecule has 1 rings (SSSR count). The topological polar surface area (TPSA) is 49.3 Å². The maximum atomic E-state index is 12.7. The van der Waals surface area contributed by atoms with Gasteiger partial charge in [-0.05, 0) is 0 Å². The Balaban J connectivity index is 3.60. The van der Waals surface area contributed by atoms with Gasteiger partial charge < -0.3 is 0 Å². The van der Waals surface area contributed by atoms with Crippen molar-refractivity contribution in [2.75, 3.05) is 0 Å². The van der Waals surface area contributed by atoms with Crippen LogP contribution in [-0.4, -0.2) is 11.1 Å². The third-order valence-corrected chi connectivity index (χ3v) is 1.54. The first-order valence-corrected chi connectivity index (χ1v) is 3.37. The minimum atomic E-state index is -2.38. The SMILES string of the molecule is O=C(NO)c1c(F)c(F)c(F)c(F)c1F. The number of carbonyl (C=O) groups excluding carboxylic acids is 1. The first kappa shape index (κ1) is 11.4. The predicted molar refractivity (Wildman–Crippen MR) is 35.5 cm³/mol. The number of amides is 1. The molecule has 1 amide bonds. The van der Waals surface area contributed by atoms with Crippen LogP contribution in [0.5, 0.6) is 0 Å². The van der Waals surface area contributed by atoms with Gasteiger partial charge in [0, 0.05) is 0 Å². The molecule has 8 heteroatoms. The summed E-state index contributed by atoms with van der Waals surface area (Å²) < 4.78 is 62.9. The van der Waals surface area contributed by atoms with E-state index in [9.17, 15) is 26.7 Å². The highest BCUT2D eigenvalue weighted by Crippen LogP contribution is 2.22. The summed E-state index contributed by atoms with van der Waals surface area (Å²) in [7, 11) is 0. The number of hydrogen-bond acceptors (Lipinski definition) is 2. The second-order valence-electron chi connectivity index (χ2n) is 2.39. The van der Waals surface area contributed by atoms with Crippen molar-refractivity contribution in [1.29, 1.82) is 0 Å². The van der Waals surface area contributed by atoms with Crippen LogP contribution in [0.4, 0.5) is 22.0 Å². The van der Waals surface area contributed by atoms with Crippen LogP contribution in [0.1, 0.15) is 10.4 Å². The van der Waals surface area contributed by atoms with Gasteiger partial charge in [-0.15, -0.1) is 0 Å². The van der Waals surface area contributed by atoms with Gasteiger partial charge >= 0.3 is 0 Å². The van der Waals surface area contributed by atoms with E-state index in [1.807, 2.05) is 0 Å².